The van der Waals surface area contributed by atoms with Crippen molar-refractivity contribution >= 4 is 40.5 Å². The standard InChI is InChI=1S/C11H12INO4/c1-16-11(15)6-7-13-10(14)5-3-8-2-4-9(12)17-8/h2-5H,6-7H2,1H3,(H,13,14). The van der Waals surface area contributed by atoms with Gasteiger partial charge in [-0.2, -0.15) is 0 Å². The topological polar surface area (TPSA) is 68.5 Å². The molecule has 0 aliphatic heterocycles. The Labute approximate surface area is 112 Å². The molecule has 1 aromatic rings. The SMILES string of the molecule is COC(=O)CCNC(=O)C=Cc1ccc(I)o1. The number of hydrogen-bond acceptors (Lipinski definition) is 4. The van der Waals surface area contributed by atoms with Crippen molar-refractivity contribution in [1.82, 2.24) is 5.32 Å². The summed E-state index contributed by atoms with van der Waals surface area (Å²) in [6.07, 6.45) is 3.08. The first kappa shape index (κ1) is 13.8. The highest BCUT2D eigenvalue weighted by molar-refractivity contribution is 14.1. The Hall–Kier alpha value is -1.31. The van der Waals surface area contributed by atoms with Gasteiger partial charge in [-0.25, -0.2) is 0 Å². The third kappa shape index (κ3) is 5.53. The van der Waals surface area contributed by atoms with Crippen LogP contribution in [-0.4, -0.2) is 25.5 Å². The van der Waals surface area contributed by atoms with Crippen LogP contribution in [0.3, 0.4) is 0 Å². The van der Waals surface area contributed by atoms with Crippen LogP contribution < -0.4 is 5.32 Å². The Balaban J connectivity index is 2.30. The lowest BCUT2D eigenvalue weighted by molar-refractivity contribution is -0.140. The van der Waals surface area contributed by atoms with Crippen LogP contribution in [0.1, 0.15) is 12.2 Å². The average Bonchev–Trinajstić information content (AvgIpc) is 2.72. The molecule has 5 nitrogen and oxygen atoms in total. The summed E-state index contributed by atoms with van der Waals surface area (Å²) in [5, 5.41) is 2.55. The normalized spacial score (nSPS) is 10.5. The number of rotatable bonds is 5. The smallest absolute Gasteiger partial charge is 0.307 e. The van der Waals surface area contributed by atoms with Crippen molar-refractivity contribution in [3.05, 3.63) is 27.7 Å². The van der Waals surface area contributed by atoms with Crippen molar-refractivity contribution in [1.29, 1.82) is 0 Å². The van der Waals surface area contributed by atoms with Gasteiger partial charge < -0.3 is 14.5 Å². The molecule has 1 rings (SSSR count). The number of methoxy groups -OCH3 is 1. The minimum Gasteiger partial charge on any atom is -0.469 e. The monoisotopic (exact) mass is 349 g/mol. The van der Waals surface area contributed by atoms with Crippen molar-refractivity contribution in [2.45, 2.75) is 6.42 Å². The van der Waals surface area contributed by atoms with E-state index in [0.717, 1.165) is 3.77 Å². The highest BCUT2D eigenvalue weighted by Gasteiger charge is 2.01. The molecule has 0 spiro atoms. The molecule has 1 heterocycles. The number of amides is 1. The first-order chi connectivity index (χ1) is 8.11. The third-order valence-electron chi connectivity index (χ3n) is 1.85. The highest BCUT2D eigenvalue weighted by atomic mass is 127. The molecular weight excluding hydrogens is 337 g/mol. The number of furan rings is 1. The van der Waals surface area contributed by atoms with Crippen LogP contribution in [0, 0.1) is 3.77 Å². The Morgan fingerprint density at radius 3 is 2.88 bits per heavy atom. The molecule has 1 aromatic heterocycles. The van der Waals surface area contributed by atoms with E-state index < -0.39 is 0 Å². The van der Waals surface area contributed by atoms with E-state index in [2.05, 4.69) is 10.1 Å². The fourth-order valence-corrected chi connectivity index (χ4v) is 1.46. The first-order valence-corrected chi connectivity index (χ1v) is 5.98. The van der Waals surface area contributed by atoms with Crippen molar-refractivity contribution < 1.29 is 18.7 Å². The van der Waals surface area contributed by atoms with Gasteiger partial charge in [0.05, 0.1) is 13.5 Å². The quantitative estimate of drug-likeness (QED) is 0.498. The van der Waals surface area contributed by atoms with Crippen molar-refractivity contribution in [2.75, 3.05) is 13.7 Å². The average molecular weight is 349 g/mol. The maximum Gasteiger partial charge on any atom is 0.307 e. The second-order valence-electron chi connectivity index (χ2n) is 3.09. The fraction of sp³-hybridized carbons (Fsp3) is 0.273. The van der Waals surface area contributed by atoms with E-state index in [9.17, 15) is 9.59 Å². The van der Waals surface area contributed by atoms with Gasteiger partial charge in [0, 0.05) is 12.6 Å². The lowest BCUT2D eigenvalue weighted by Crippen LogP contribution is -2.24. The van der Waals surface area contributed by atoms with Crippen LogP contribution in [-0.2, 0) is 14.3 Å². The lowest BCUT2D eigenvalue weighted by atomic mass is 10.3. The number of halogens is 1. The summed E-state index contributed by atoms with van der Waals surface area (Å²) < 4.78 is 10.4. The summed E-state index contributed by atoms with van der Waals surface area (Å²) in [5.74, 6) is -0.0207. The molecule has 0 aliphatic carbocycles. The fourth-order valence-electron chi connectivity index (χ4n) is 1.02. The first-order valence-electron chi connectivity index (χ1n) is 4.90. The Bertz CT molecular complexity index is 425. The molecule has 0 bridgehead atoms. The lowest BCUT2D eigenvalue weighted by Gasteiger charge is -2.00. The van der Waals surface area contributed by atoms with E-state index in [4.69, 9.17) is 4.42 Å². The van der Waals surface area contributed by atoms with E-state index in [1.807, 2.05) is 22.6 Å². The van der Waals surface area contributed by atoms with E-state index in [0.29, 0.717) is 5.76 Å². The van der Waals surface area contributed by atoms with Gasteiger partial charge in [0.1, 0.15) is 5.76 Å². The Morgan fingerprint density at radius 2 is 2.29 bits per heavy atom. The van der Waals surface area contributed by atoms with Gasteiger partial charge in [-0.3, -0.25) is 9.59 Å². The van der Waals surface area contributed by atoms with Crippen LogP contribution in [0.2, 0.25) is 0 Å². The van der Waals surface area contributed by atoms with Crippen LogP contribution in [0.25, 0.3) is 6.08 Å². The van der Waals surface area contributed by atoms with Crippen molar-refractivity contribution in [3.63, 3.8) is 0 Å². The molecule has 92 valence electrons. The molecule has 0 unspecified atom stereocenters. The van der Waals surface area contributed by atoms with Gasteiger partial charge in [0.25, 0.3) is 0 Å². The molecule has 17 heavy (non-hydrogen) atoms. The molecule has 0 aromatic carbocycles. The second-order valence-corrected chi connectivity index (χ2v) is 4.16. The number of ether oxygens (including phenoxy) is 1. The summed E-state index contributed by atoms with van der Waals surface area (Å²) in [7, 11) is 1.31. The Kier molecular flexibility index (Phi) is 5.75. The number of hydrogen-bond donors (Lipinski definition) is 1. The van der Waals surface area contributed by atoms with Gasteiger partial charge in [0.15, 0.2) is 3.77 Å². The zero-order valence-corrected chi connectivity index (χ0v) is 11.4. The summed E-state index contributed by atoms with van der Waals surface area (Å²) in [6.45, 7) is 0.255. The summed E-state index contributed by atoms with van der Waals surface area (Å²) in [5.41, 5.74) is 0. The number of carbonyl (C=O) groups excluding carboxylic acids is 2. The van der Waals surface area contributed by atoms with Gasteiger partial charge in [-0.1, -0.05) is 0 Å². The third-order valence-corrected chi connectivity index (χ3v) is 2.43. The summed E-state index contributed by atoms with van der Waals surface area (Å²) in [6, 6.07) is 3.56. The van der Waals surface area contributed by atoms with E-state index in [1.165, 1.54) is 13.2 Å². The van der Waals surface area contributed by atoms with Gasteiger partial charge in [0.2, 0.25) is 5.91 Å². The van der Waals surface area contributed by atoms with Crippen LogP contribution in [0.15, 0.2) is 22.6 Å². The van der Waals surface area contributed by atoms with Crippen LogP contribution >= 0.6 is 22.6 Å². The predicted molar refractivity (Wildman–Crippen MR) is 70.1 cm³/mol. The molecule has 0 saturated carbocycles. The minimum atomic E-state index is -0.352. The van der Waals surface area contributed by atoms with Crippen LogP contribution in [0.5, 0.6) is 0 Å². The zero-order valence-electron chi connectivity index (χ0n) is 9.23. The Morgan fingerprint density at radius 1 is 1.53 bits per heavy atom. The van der Waals surface area contributed by atoms with Gasteiger partial charge >= 0.3 is 5.97 Å². The molecular formula is C11H12INO4. The molecule has 0 atom stereocenters. The molecule has 0 aliphatic rings. The van der Waals surface area contributed by atoms with Crippen molar-refractivity contribution in [2.24, 2.45) is 0 Å². The molecule has 1 N–H and O–H groups in total. The largest absolute Gasteiger partial charge is 0.469 e. The predicted octanol–water partition coefficient (Wildman–Crippen LogP) is 1.58. The van der Waals surface area contributed by atoms with E-state index in [1.54, 1.807) is 18.2 Å². The maximum absolute atomic E-state index is 11.3. The zero-order chi connectivity index (χ0) is 12.7. The molecule has 0 fully saturated rings. The second kappa shape index (κ2) is 7.10. The number of esters is 1. The highest BCUT2D eigenvalue weighted by Crippen LogP contribution is 2.11. The molecule has 0 saturated heterocycles. The summed E-state index contributed by atoms with van der Waals surface area (Å²) in [4.78, 5) is 22.1. The maximum atomic E-state index is 11.3. The van der Waals surface area contributed by atoms with Gasteiger partial charge in [-0.15, -0.1) is 0 Å². The van der Waals surface area contributed by atoms with E-state index in [-0.39, 0.29) is 24.8 Å². The van der Waals surface area contributed by atoms with E-state index >= 15 is 0 Å². The molecule has 1 amide bonds. The molecule has 6 heteroatoms. The van der Waals surface area contributed by atoms with Crippen LogP contribution in [0.4, 0.5) is 0 Å². The summed E-state index contributed by atoms with van der Waals surface area (Å²) >= 11 is 2.04. The number of carbonyl (C=O) groups is 2. The van der Waals surface area contributed by atoms with Gasteiger partial charge in [-0.05, 0) is 40.8 Å². The number of nitrogens with one attached hydrogen (secondary N) is 1. The molecule has 0 radical (unpaired) electrons. The van der Waals surface area contributed by atoms with Crippen molar-refractivity contribution in [3.8, 4) is 0 Å². The minimum absolute atomic E-state index is 0.161.